The fourth-order valence-corrected chi connectivity index (χ4v) is 7.38. The smallest absolute Gasteiger partial charge is 0.0645 e. The van der Waals surface area contributed by atoms with Gasteiger partial charge < -0.3 is 9.80 Å². The molecule has 0 unspecified atom stereocenters. The summed E-state index contributed by atoms with van der Waals surface area (Å²) >= 11 is 0. The number of nitrogens with zero attached hydrogens (tertiary/aromatic N) is 2. The molecule has 0 aromatic heterocycles. The van der Waals surface area contributed by atoms with E-state index in [0.717, 1.165) is 38.0 Å². The van der Waals surface area contributed by atoms with E-state index in [1.54, 1.807) is 29.2 Å². The van der Waals surface area contributed by atoms with E-state index in [-0.39, 0.29) is 70.8 Å². The maximum atomic E-state index is 9.53. The number of rotatable bonds is 8. The third kappa shape index (κ3) is 5.62. The molecule has 10 rings (SSSR count). The molecule has 0 aliphatic carbocycles. The fraction of sp³-hybridized carbons (Fsp3) is 0. The zero-order valence-corrected chi connectivity index (χ0v) is 29.1. The topological polar surface area (TPSA) is 6.48 Å². The average molecular weight is 697 g/mol. The van der Waals surface area contributed by atoms with Gasteiger partial charge in [-0.1, -0.05) is 152 Å². The second-order valence-electron chi connectivity index (χ2n) is 13.1. The van der Waals surface area contributed by atoms with E-state index in [0.29, 0.717) is 28.2 Å². The zero-order chi connectivity index (χ0) is 42.8. The molecule has 0 aliphatic rings. The monoisotopic (exact) mass is 696 g/mol. The lowest BCUT2D eigenvalue weighted by molar-refractivity contribution is 1.28. The van der Waals surface area contributed by atoms with Crippen LogP contribution < -0.4 is 9.80 Å². The Hall–Kier alpha value is -7.16. The molecule has 10 aromatic carbocycles. The van der Waals surface area contributed by atoms with Crippen molar-refractivity contribution in [2.75, 3.05) is 9.80 Å². The van der Waals surface area contributed by atoms with Gasteiger partial charge in [-0.15, -0.1) is 0 Å². The highest BCUT2D eigenvalue weighted by Gasteiger charge is 2.19. The van der Waals surface area contributed by atoms with E-state index in [2.05, 4.69) is 36.4 Å². The molecule has 0 bridgehead atoms. The summed E-state index contributed by atoms with van der Waals surface area (Å²) in [4.78, 5) is 3.56. The summed E-state index contributed by atoms with van der Waals surface area (Å²) in [6, 6.07) is 51.5. The van der Waals surface area contributed by atoms with Gasteiger partial charge in [-0.05, 0) is 116 Å². The van der Waals surface area contributed by atoms with Gasteiger partial charge in [0.25, 0.3) is 0 Å². The van der Waals surface area contributed by atoms with Gasteiger partial charge >= 0.3 is 0 Å². The molecule has 0 heterocycles. The van der Waals surface area contributed by atoms with Crippen LogP contribution in [0.4, 0.5) is 34.1 Å². The van der Waals surface area contributed by atoms with Gasteiger partial charge in [0.15, 0.2) is 0 Å². The maximum absolute atomic E-state index is 9.53. The van der Waals surface area contributed by atoms with Gasteiger partial charge in [0.2, 0.25) is 0 Å². The largest absolute Gasteiger partial charge is 0.311 e. The summed E-state index contributed by atoms with van der Waals surface area (Å²) in [7, 11) is 0. The van der Waals surface area contributed by atoms with E-state index in [4.69, 9.17) is 2.74 Å². The van der Waals surface area contributed by atoms with Crippen LogP contribution in [0.25, 0.3) is 54.6 Å². The van der Waals surface area contributed by atoms with Crippen molar-refractivity contribution in [2.24, 2.45) is 0 Å². The lowest BCUT2D eigenvalue weighted by atomic mass is 9.92. The zero-order valence-electron chi connectivity index (χ0n) is 37.1. The standard InChI is InChI=1S/C52H36N2/c1-4-15-44(16-5-1)53(45-17-6-2-7-18-45)47-32-28-39(29-33-47)37-22-24-38(25-23-37)40-30-34-48(35-31-40)54(46-19-8-3-9-20-46)50-36-43-14-10-12-41-26-27-42-13-11-21-49(50)52(42)51(41)43/h1-36H/i28D,29D,30D,31D,32D,33D,34D,35D. The van der Waals surface area contributed by atoms with E-state index >= 15 is 0 Å². The summed E-state index contributed by atoms with van der Waals surface area (Å²) in [5.41, 5.74) is 4.06. The SMILES string of the molecule is [2H]c1c([2H])c(N(c2ccccc2)c2ccccc2)c([2H])c([2H])c1-c1ccc(-c2c([2H])c([2H])c(N(c3ccccc3)c3cc4cccc5ccc6cccc3c6c54)c([2H])c2[2H])cc1. The Kier molecular flexibility index (Phi) is 6.01. The van der Waals surface area contributed by atoms with Gasteiger partial charge in [0, 0.05) is 33.8 Å². The molecule has 0 amide bonds. The summed E-state index contributed by atoms with van der Waals surface area (Å²) in [5, 5.41) is 6.27. The Morgan fingerprint density at radius 1 is 0.296 bits per heavy atom. The molecule has 254 valence electrons. The van der Waals surface area contributed by atoms with Crippen LogP contribution in [0, 0.1) is 0 Å². The highest BCUT2D eigenvalue weighted by molar-refractivity contribution is 6.26. The molecule has 0 fully saturated rings. The van der Waals surface area contributed by atoms with Gasteiger partial charge in [0.1, 0.15) is 0 Å². The number of anilines is 6. The second kappa shape index (κ2) is 13.4. The predicted molar refractivity (Wildman–Crippen MR) is 230 cm³/mol. The minimum Gasteiger partial charge on any atom is -0.311 e. The molecule has 0 saturated carbocycles. The third-order valence-corrected chi connectivity index (χ3v) is 9.90. The van der Waals surface area contributed by atoms with Crippen molar-refractivity contribution < 1.29 is 11.0 Å². The molecule has 2 nitrogen and oxygen atoms in total. The summed E-state index contributed by atoms with van der Waals surface area (Å²) < 4.78 is 74.6. The van der Waals surface area contributed by atoms with Crippen molar-refractivity contribution in [1.29, 1.82) is 0 Å². The van der Waals surface area contributed by atoms with E-state index in [1.807, 2.05) is 114 Å². The summed E-state index contributed by atoms with van der Waals surface area (Å²) in [5.74, 6) is 0. The molecule has 0 saturated heterocycles. The molecule has 2 heteroatoms. The van der Waals surface area contributed by atoms with Crippen LogP contribution in [0.1, 0.15) is 11.0 Å². The normalized spacial score (nSPS) is 13.4. The second-order valence-corrected chi connectivity index (χ2v) is 13.1. The Bertz CT molecular complexity index is 3230. The lowest BCUT2D eigenvalue weighted by Crippen LogP contribution is -2.10. The van der Waals surface area contributed by atoms with Crippen molar-refractivity contribution in [3.8, 4) is 22.3 Å². The first kappa shape index (κ1) is 24.2. The molecule has 0 atom stereocenters. The molecule has 0 aliphatic heterocycles. The first-order valence-electron chi connectivity index (χ1n) is 21.9. The summed E-state index contributed by atoms with van der Waals surface area (Å²) in [6.07, 6.45) is 0. The van der Waals surface area contributed by atoms with Crippen molar-refractivity contribution in [2.45, 2.75) is 0 Å². The van der Waals surface area contributed by atoms with Crippen LogP contribution in [-0.2, 0) is 0 Å². The van der Waals surface area contributed by atoms with Crippen molar-refractivity contribution in [3.05, 3.63) is 218 Å². The number of hydrogen-bond acceptors (Lipinski definition) is 2. The highest BCUT2D eigenvalue weighted by Crippen LogP contribution is 2.45. The maximum Gasteiger partial charge on any atom is 0.0645 e. The van der Waals surface area contributed by atoms with Crippen LogP contribution in [0.15, 0.2) is 218 Å². The van der Waals surface area contributed by atoms with Crippen molar-refractivity contribution >= 4 is 66.4 Å². The van der Waals surface area contributed by atoms with Gasteiger partial charge in [-0.3, -0.25) is 0 Å². The molecule has 0 spiro atoms. The van der Waals surface area contributed by atoms with E-state index < -0.39 is 0 Å². The number of para-hydroxylation sites is 3. The Morgan fingerprint density at radius 2 is 0.722 bits per heavy atom. The Balaban J connectivity index is 1.09. The van der Waals surface area contributed by atoms with Crippen molar-refractivity contribution in [1.82, 2.24) is 0 Å². The first-order chi connectivity index (χ1) is 30.1. The quantitative estimate of drug-likeness (QED) is 0.146. The van der Waals surface area contributed by atoms with Crippen molar-refractivity contribution in [3.63, 3.8) is 0 Å². The minimum atomic E-state index is -0.220. The van der Waals surface area contributed by atoms with Gasteiger partial charge in [-0.25, -0.2) is 0 Å². The van der Waals surface area contributed by atoms with Crippen LogP contribution >= 0.6 is 0 Å². The molecule has 10 aromatic rings. The van der Waals surface area contributed by atoms with Crippen LogP contribution in [-0.4, -0.2) is 0 Å². The molecule has 0 radical (unpaired) electrons. The summed E-state index contributed by atoms with van der Waals surface area (Å²) in [6.45, 7) is 0. The fourth-order valence-electron chi connectivity index (χ4n) is 7.38. The Morgan fingerprint density at radius 3 is 1.24 bits per heavy atom. The Labute approximate surface area is 327 Å². The molecule has 54 heavy (non-hydrogen) atoms. The molecule has 0 N–H and O–H groups in total. The van der Waals surface area contributed by atoms with Gasteiger partial charge in [0.05, 0.1) is 16.7 Å². The first-order valence-corrected chi connectivity index (χ1v) is 17.9. The predicted octanol–water partition coefficient (Wildman–Crippen LogP) is 14.9. The van der Waals surface area contributed by atoms with Gasteiger partial charge in [-0.2, -0.15) is 0 Å². The van der Waals surface area contributed by atoms with Crippen LogP contribution in [0.2, 0.25) is 0 Å². The van der Waals surface area contributed by atoms with Crippen LogP contribution in [0.5, 0.6) is 0 Å². The molecular formula is C52H36N2. The number of hydrogen-bond donors (Lipinski definition) is 0. The van der Waals surface area contributed by atoms with E-state index in [1.165, 1.54) is 0 Å². The number of benzene rings is 10. The van der Waals surface area contributed by atoms with Crippen LogP contribution in [0.3, 0.4) is 0 Å². The highest BCUT2D eigenvalue weighted by atomic mass is 15.1. The lowest BCUT2D eigenvalue weighted by Gasteiger charge is -2.28. The average Bonchev–Trinajstić information content (AvgIpc) is 3.31. The molecular weight excluding hydrogens is 653 g/mol. The minimum absolute atomic E-state index is 0.106. The van der Waals surface area contributed by atoms with E-state index in [9.17, 15) is 8.22 Å². The third-order valence-electron chi connectivity index (χ3n) is 9.90.